The van der Waals surface area contributed by atoms with Gasteiger partial charge in [-0.3, -0.25) is 0 Å². The minimum Gasteiger partial charge on any atom is -0.372 e. The second-order valence-corrected chi connectivity index (χ2v) is 4.71. The van der Waals surface area contributed by atoms with Gasteiger partial charge in [-0.15, -0.1) is 0 Å². The average Bonchev–Trinajstić information content (AvgIpc) is 2.02. The van der Waals surface area contributed by atoms with Gasteiger partial charge in [-0.25, -0.2) is 0 Å². The summed E-state index contributed by atoms with van der Waals surface area (Å²) >= 11 is 0. The summed E-state index contributed by atoms with van der Waals surface area (Å²) in [4.78, 5) is 0. The molecule has 0 unspecified atom stereocenters. The lowest BCUT2D eigenvalue weighted by molar-refractivity contribution is -0.0389. The van der Waals surface area contributed by atoms with Crippen molar-refractivity contribution in [3.05, 3.63) is 0 Å². The predicted octanol–water partition coefficient (Wildman–Crippen LogP) is 0.999. The van der Waals surface area contributed by atoms with E-state index in [1.54, 1.807) is 0 Å². The molecule has 0 amide bonds. The van der Waals surface area contributed by atoms with Gasteiger partial charge in [0.25, 0.3) is 0 Å². The van der Waals surface area contributed by atoms with Crippen LogP contribution in [0.1, 0.15) is 27.7 Å². The van der Waals surface area contributed by atoms with Crippen LogP contribution in [0.3, 0.4) is 0 Å². The average molecular weight is 188 g/mol. The molecule has 0 saturated heterocycles. The number of hydrogen-bond acceptors (Lipinski definition) is 3. The van der Waals surface area contributed by atoms with Crippen LogP contribution in [0.15, 0.2) is 0 Å². The first kappa shape index (κ1) is 12.9. The fourth-order valence-corrected chi connectivity index (χ4v) is 0.925. The first-order valence-electron chi connectivity index (χ1n) is 4.80. The first-order valence-corrected chi connectivity index (χ1v) is 4.80. The third kappa shape index (κ3) is 6.02. The second kappa shape index (κ2) is 4.94. The van der Waals surface area contributed by atoms with E-state index in [4.69, 9.17) is 4.74 Å². The lowest BCUT2D eigenvalue weighted by Crippen LogP contribution is -2.46. The number of likely N-dealkylation sites (N-methyl/N-ethyl adjacent to an activating group) is 2. The Bertz CT molecular complexity index is 144. The minimum atomic E-state index is -0.0944. The molecule has 0 aliphatic rings. The molecule has 0 rings (SSSR count). The van der Waals surface area contributed by atoms with Crippen molar-refractivity contribution in [3.8, 4) is 0 Å². The van der Waals surface area contributed by atoms with Crippen LogP contribution in [0, 0.1) is 0 Å². The van der Waals surface area contributed by atoms with Gasteiger partial charge in [-0.05, 0) is 41.8 Å². The van der Waals surface area contributed by atoms with Crippen molar-refractivity contribution >= 4 is 0 Å². The Morgan fingerprint density at radius 2 is 1.62 bits per heavy atom. The van der Waals surface area contributed by atoms with Crippen molar-refractivity contribution in [2.24, 2.45) is 0 Å². The van der Waals surface area contributed by atoms with Crippen LogP contribution >= 0.6 is 0 Å². The van der Waals surface area contributed by atoms with Crippen LogP contribution in [-0.4, -0.2) is 38.4 Å². The lowest BCUT2D eigenvalue weighted by Gasteiger charge is -2.31. The van der Waals surface area contributed by atoms with E-state index >= 15 is 0 Å². The van der Waals surface area contributed by atoms with E-state index in [2.05, 4.69) is 38.3 Å². The van der Waals surface area contributed by atoms with Crippen molar-refractivity contribution in [2.45, 2.75) is 38.8 Å². The molecule has 3 heteroatoms. The SMILES string of the molecule is CNCC(C)(C)OCC(C)(C)NC. The molecule has 0 aromatic rings. The van der Waals surface area contributed by atoms with Crippen LogP contribution in [0.25, 0.3) is 0 Å². The van der Waals surface area contributed by atoms with E-state index in [0.717, 1.165) is 13.2 Å². The van der Waals surface area contributed by atoms with Crippen molar-refractivity contribution in [1.29, 1.82) is 0 Å². The minimum absolute atomic E-state index is 0.0466. The molecule has 13 heavy (non-hydrogen) atoms. The van der Waals surface area contributed by atoms with Crippen LogP contribution in [0.5, 0.6) is 0 Å². The molecule has 0 aromatic heterocycles. The lowest BCUT2D eigenvalue weighted by atomic mass is 10.1. The summed E-state index contributed by atoms with van der Waals surface area (Å²) in [7, 11) is 3.89. The molecular formula is C10H24N2O. The Labute approximate surface area is 82.2 Å². The van der Waals surface area contributed by atoms with E-state index in [1.165, 1.54) is 0 Å². The molecule has 0 aromatic carbocycles. The molecule has 80 valence electrons. The van der Waals surface area contributed by atoms with E-state index in [-0.39, 0.29) is 11.1 Å². The van der Waals surface area contributed by atoms with Gasteiger partial charge >= 0.3 is 0 Å². The summed E-state index contributed by atoms with van der Waals surface area (Å²) in [6, 6.07) is 0. The number of hydrogen-bond donors (Lipinski definition) is 2. The summed E-state index contributed by atoms with van der Waals surface area (Å²) in [5.41, 5.74) is -0.0477. The highest BCUT2D eigenvalue weighted by Crippen LogP contribution is 2.11. The Morgan fingerprint density at radius 3 is 2.00 bits per heavy atom. The highest BCUT2D eigenvalue weighted by atomic mass is 16.5. The normalized spacial score (nSPS) is 13.4. The topological polar surface area (TPSA) is 33.3 Å². The van der Waals surface area contributed by atoms with Gasteiger partial charge in [0.1, 0.15) is 0 Å². The zero-order valence-corrected chi connectivity index (χ0v) is 9.82. The molecule has 2 N–H and O–H groups in total. The molecule has 0 bridgehead atoms. The third-order valence-corrected chi connectivity index (χ3v) is 2.10. The molecule has 0 atom stereocenters. The van der Waals surface area contributed by atoms with Crippen LogP contribution in [0.4, 0.5) is 0 Å². The van der Waals surface area contributed by atoms with Gasteiger partial charge < -0.3 is 15.4 Å². The van der Waals surface area contributed by atoms with Crippen LogP contribution < -0.4 is 10.6 Å². The van der Waals surface area contributed by atoms with Gasteiger partial charge in [-0.2, -0.15) is 0 Å². The fraction of sp³-hybridized carbons (Fsp3) is 1.00. The van der Waals surface area contributed by atoms with Gasteiger partial charge in [0.2, 0.25) is 0 Å². The van der Waals surface area contributed by atoms with E-state index in [1.807, 2.05) is 14.1 Å². The Kier molecular flexibility index (Phi) is 4.89. The van der Waals surface area contributed by atoms with Gasteiger partial charge in [0, 0.05) is 12.1 Å². The Balaban J connectivity index is 3.86. The summed E-state index contributed by atoms with van der Waals surface area (Å²) in [6.07, 6.45) is 0. The molecule has 0 heterocycles. The van der Waals surface area contributed by atoms with Gasteiger partial charge in [-0.1, -0.05) is 0 Å². The van der Waals surface area contributed by atoms with Crippen LogP contribution in [-0.2, 0) is 4.74 Å². The molecule has 0 aliphatic heterocycles. The van der Waals surface area contributed by atoms with Gasteiger partial charge in [0.15, 0.2) is 0 Å². The number of nitrogens with one attached hydrogen (secondary N) is 2. The number of rotatable bonds is 6. The molecule has 0 saturated carbocycles. The fourth-order valence-electron chi connectivity index (χ4n) is 0.925. The smallest absolute Gasteiger partial charge is 0.0751 e. The largest absolute Gasteiger partial charge is 0.372 e. The van der Waals surface area contributed by atoms with Crippen molar-refractivity contribution < 1.29 is 4.74 Å². The Hall–Kier alpha value is -0.120. The van der Waals surface area contributed by atoms with Crippen molar-refractivity contribution in [3.63, 3.8) is 0 Å². The molecule has 0 spiro atoms. The molecule has 0 fully saturated rings. The molecule has 0 aliphatic carbocycles. The third-order valence-electron chi connectivity index (χ3n) is 2.10. The molecule has 0 radical (unpaired) electrons. The highest BCUT2D eigenvalue weighted by molar-refractivity contribution is 4.78. The van der Waals surface area contributed by atoms with Crippen molar-refractivity contribution in [2.75, 3.05) is 27.2 Å². The monoisotopic (exact) mass is 188 g/mol. The molecule has 3 nitrogen and oxygen atoms in total. The zero-order chi connectivity index (χ0) is 10.5. The van der Waals surface area contributed by atoms with Crippen molar-refractivity contribution in [1.82, 2.24) is 10.6 Å². The summed E-state index contributed by atoms with van der Waals surface area (Å²) in [5.74, 6) is 0. The standard InChI is InChI=1S/C10H24N2O/c1-9(2,12-6)8-13-10(3,4)7-11-5/h11-12H,7-8H2,1-6H3. The van der Waals surface area contributed by atoms with E-state index in [0.29, 0.717) is 0 Å². The summed E-state index contributed by atoms with van der Waals surface area (Å²) in [6.45, 7) is 10.0. The predicted molar refractivity (Wildman–Crippen MR) is 57.1 cm³/mol. The van der Waals surface area contributed by atoms with Crippen LogP contribution in [0.2, 0.25) is 0 Å². The Morgan fingerprint density at radius 1 is 1.08 bits per heavy atom. The zero-order valence-electron chi connectivity index (χ0n) is 9.82. The van der Waals surface area contributed by atoms with E-state index < -0.39 is 0 Å². The summed E-state index contributed by atoms with van der Waals surface area (Å²) in [5, 5.41) is 6.33. The maximum Gasteiger partial charge on any atom is 0.0751 e. The maximum absolute atomic E-state index is 5.80. The molecular weight excluding hydrogens is 164 g/mol. The second-order valence-electron chi connectivity index (χ2n) is 4.71. The van der Waals surface area contributed by atoms with E-state index in [9.17, 15) is 0 Å². The maximum atomic E-state index is 5.80. The highest BCUT2D eigenvalue weighted by Gasteiger charge is 2.22. The quantitative estimate of drug-likeness (QED) is 0.652. The number of ether oxygens (including phenoxy) is 1. The summed E-state index contributed by atoms with van der Waals surface area (Å²) < 4.78 is 5.80. The first-order chi connectivity index (χ1) is 5.83. The van der Waals surface area contributed by atoms with Gasteiger partial charge in [0.05, 0.1) is 12.2 Å².